The fraction of sp³-hybridized carbons (Fsp3) is 0.421. The van der Waals surface area contributed by atoms with Crippen molar-refractivity contribution in [1.29, 1.82) is 0 Å². The van der Waals surface area contributed by atoms with Gasteiger partial charge in [0.2, 0.25) is 10.0 Å². The van der Waals surface area contributed by atoms with Gasteiger partial charge in [-0.2, -0.15) is 17.5 Å². The molecule has 0 bridgehead atoms. The first-order chi connectivity index (χ1) is 13.5. The van der Waals surface area contributed by atoms with Crippen molar-refractivity contribution < 1.29 is 26.4 Å². The number of aryl methyl sites for hydroxylation is 2. The molecule has 1 fully saturated rings. The van der Waals surface area contributed by atoms with Gasteiger partial charge < -0.3 is 4.98 Å². The summed E-state index contributed by atoms with van der Waals surface area (Å²) in [6, 6.07) is 5.28. The number of rotatable bonds is 5. The summed E-state index contributed by atoms with van der Waals surface area (Å²) in [5, 5.41) is 0. The largest absolute Gasteiger partial charge is 0.416 e. The molecule has 1 N–H and O–H groups in total. The summed E-state index contributed by atoms with van der Waals surface area (Å²) in [4.78, 5) is 17.3. The lowest BCUT2D eigenvalue weighted by Gasteiger charge is -2.33. The normalized spacial score (nSPS) is 16.9. The number of nitrogens with zero attached hydrogens (tertiary/aromatic N) is 2. The maximum absolute atomic E-state index is 12.7. The van der Waals surface area contributed by atoms with E-state index in [4.69, 9.17) is 0 Å². The molecule has 2 heterocycles. The van der Waals surface area contributed by atoms with Gasteiger partial charge in [-0.05, 0) is 44.2 Å². The lowest BCUT2D eigenvalue weighted by atomic mass is 10.1. The first kappa shape index (κ1) is 21.5. The summed E-state index contributed by atoms with van der Waals surface area (Å²) in [5.74, 6) is -0.0362. The van der Waals surface area contributed by atoms with Crippen LogP contribution in [0.4, 0.5) is 13.2 Å². The van der Waals surface area contributed by atoms with Gasteiger partial charge in [0.25, 0.3) is 0 Å². The van der Waals surface area contributed by atoms with E-state index in [1.54, 1.807) is 6.07 Å². The van der Waals surface area contributed by atoms with E-state index >= 15 is 0 Å². The van der Waals surface area contributed by atoms with Gasteiger partial charge in [-0.15, -0.1) is 0 Å². The van der Waals surface area contributed by atoms with Crippen LogP contribution in [0.5, 0.6) is 0 Å². The zero-order valence-corrected chi connectivity index (χ0v) is 16.9. The highest BCUT2D eigenvalue weighted by Gasteiger charge is 2.33. The molecular formula is C19H22F3N3O3S. The summed E-state index contributed by atoms with van der Waals surface area (Å²) in [6.45, 7) is 4.96. The van der Waals surface area contributed by atoms with E-state index in [-0.39, 0.29) is 30.3 Å². The highest BCUT2D eigenvalue weighted by atomic mass is 32.2. The fourth-order valence-electron chi connectivity index (χ4n) is 3.39. The number of aromatic nitrogens is 1. The Kier molecular flexibility index (Phi) is 5.88. The van der Waals surface area contributed by atoms with Crippen LogP contribution in [0.25, 0.3) is 0 Å². The van der Waals surface area contributed by atoms with Gasteiger partial charge in [0.1, 0.15) is 0 Å². The van der Waals surface area contributed by atoms with Gasteiger partial charge in [-0.25, -0.2) is 8.42 Å². The summed E-state index contributed by atoms with van der Waals surface area (Å²) >= 11 is 0. The van der Waals surface area contributed by atoms with Crippen molar-refractivity contribution in [3.05, 3.63) is 52.8 Å². The van der Waals surface area contributed by atoms with Crippen LogP contribution < -0.4 is 0 Å². The van der Waals surface area contributed by atoms with E-state index in [0.717, 1.165) is 35.7 Å². The Morgan fingerprint density at radius 2 is 1.66 bits per heavy atom. The summed E-state index contributed by atoms with van der Waals surface area (Å²) in [5.41, 5.74) is 1.44. The van der Waals surface area contributed by atoms with Crippen LogP contribution >= 0.6 is 0 Å². The minimum absolute atomic E-state index is 0.0362. The van der Waals surface area contributed by atoms with Crippen LogP contribution in [0.1, 0.15) is 27.3 Å². The Labute approximate surface area is 167 Å². The summed E-state index contributed by atoms with van der Waals surface area (Å²) in [7, 11) is -3.88. The highest BCUT2D eigenvalue weighted by molar-refractivity contribution is 7.89. The number of Topliss-reactive ketones (excluding diaryl/α,β-unsaturated/α-hetero) is 1. The predicted octanol–water partition coefficient (Wildman–Crippen LogP) is 2.84. The Hall–Kier alpha value is -2.17. The first-order valence-electron chi connectivity index (χ1n) is 9.07. The molecule has 1 aromatic carbocycles. The minimum atomic E-state index is -4.52. The minimum Gasteiger partial charge on any atom is -0.362 e. The molecule has 1 aromatic heterocycles. The molecule has 0 atom stereocenters. The van der Waals surface area contributed by atoms with Gasteiger partial charge in [0, 0.05) is 43.1 Å². The number of alkyl halides is 3. The molecule has 2 aromatic rings. The van der Waals surface area contributed by atoms with Crippen molar-refractivity contribution in [2.45, 2.75) is 24.9 Å². The average molecular weight is 429 g/mol. The van der Waals surface area contributed by atoms with Crippen LogP contribution in [0.2, 0.25) is 0 Å². The molecule has 0 radical (unpaired) electrons. The number of hydrogen-bond acceptors (Lipinski definition) is 4. The van der Waals surface area contributed by atoms with Crippen LogP contribution in [-0.4, -0.2) is 61.1 Å². The molecule has 0 saturated carbocycles. The smallest absolute Gasteiger partial charge is 0.362 e. The Morgan fingerprint density at radius 1 is 1.07 bits per heavy atom. The second-order valence-corrected chi connectivity index (χ2v) is 9.05. The van der Waals surface area contributed by atoms with Gasteiger partial charge in [0.15, 0.2) is 5.78 Å². The molecule has 29 heavy (non-hydrogen) atoms. The van der Waals surface area contributed by atoms with Crippen molar-refractivity contribution in [2.24, 2.45) is 0 Å². The summed E-state index contributed by atoms with van der Waals surface area (Å²) in [6.07, 6.45) is -4.52. The number of nitrogens with one attached hydrogen (secondary N) is 1. The maximum atomic E-state index is 12.7. The number of aromatic amines is 1. The quantitative estimate of drug-likeness (QED) is 0.742. The maximum Gasteiger partial charge on any atom is 0.416 e. The van der Waals surface area contributed by atoms with Gasteiger partial charge in [-0.1, -0.05) is 0 Å². The molecule has 0 unspecified atom stereocenters. The molecule has 158 valence electrons. The SMILES string of the molecule is Cc1cc(C(=O)CN2CCN(S(=O)(=O)c3ccc(C(F)(F)F)cc3)CC2)c(C)[nH]1. The lowest BCUT2D eigenvalue weighted by molar-refractivity contribution is -0.137. The topological polar surface area (TPSA) is 73.5 Å². The third-order valence-electron chi connectivity index (χ3n) is 4.97. The van der Waals surface area contributed by atoms with E-state index in [1.165, 1.54) is 4.31 Å². The lowest BCUT2D eigenvalue weighted by Crippen LogP contribution is -2.49. The molecule has 0 aliphatic carbocycles. The van der Waals surface area contributed by atoms with Gasteiger partial charge in [0.05, 0.1) is 17.0 Å². The molecule has 10 heteroatoms. The zero-order valence-electron chi connectivity index (χ0n) is 16.1. The number of carbonyl (C=O) groups excluding carboxylic acids is 1. The number of sulfonamides is 1. The molecular weight excluding hydrogens is 407 g/mol. The molecule has 1 aliphatic rings. The first-order valence-corrected chi connectivity index (χ1v) is 10.5. The standard InChI is InChI=1S/C19H22F3N3O3S/c1-13-11-17(14(2)23-13)18(26)12-24-7-9-25(10-8-24)29(27,28)16-5-3-15(4-6-16)19(20,21)22/h3-6,11,23H,7-10,12H2,1-2H3. The highest BCUT2D eigenvalue weighted by Crippen LogP contribution is 2.30. The zero-order chi connectivity index (χ0) is 21.4. The number of piperazine rings is 1. The number of halogens is 3. The van der Waals surface area contributed by atoms with Crippen LogP contribution in [-0.2, 0) is 16.2 Å². The van der Waals surface area contributed by atoms with Crippen LogP contribution in [0, 0.1) is 13.8 Å². The monoisotopic (exact) mass is 429 g/mol. The average Bonchev–Trinajstić information content (AvgIpc) is 3.00. The molecule has 3 rings (SSSR count). The van der Waals surface area contributed by atoms with E-state index < -0.39 is 21.8 Å². The molecule has 0 spiro atoms. The predicted molar refractivity (Wildman–Crippen MR) is 101 cm³/mol. The van der Waals surface area contributed by atoms with E-state index in [9.17, 15) is 26.4 Å². The molecule has 0 amide bonds. The van der Waals surface area contributed by atoms with E-state index in [1.807, 2.05) is 18.7 Å². The van der Waals surface area contributed by atoms with Crippen molar-refractivity contribution in [3.8, 4) is 0 Å². The van der Waals surface area contributed by atoms with E-state index in [0.29, 0.717) is 18.7 Å². The van der Waals surface area contributed by atoms with Crippen molar-refractivity contribution in [1.82, 2.24) is 14.2 Å². The van der Waals surface area contributed by atoms with Crippen molar-refractivity contribution >= 4 is 15.8 Å². The number of H-pyrrole nitrogens is 1. The molecule has 1 aliphatic heterocycles. The second-order valence-electron chi connectivity index (χ2n) is 7.12. The third-order valence-corrected chi connectivity index (χ3v) is 6.88. The number of ketones is 1. The Morgan fingerprint density at radius 3 is 2.14 bits per heavy atom. The fourth-order valence-corrected chi connectivity index (χ4v) is 4.82. The number of carbonyl (C=O) groups is 1. The Bertz CT molecular complexity index is 990. The van der Waals surface area contributed by atoms with Gasteiger partial charge in [-0.3, -0.25) is 9.69 Å². The molecule has 6 nitrogen and oxygen atoms in total. The van der Waals surface area contributed by atoms with E-state index in [2.05, 4.69) is 4.98 Å². The van der Waals surface area contributed by atoms with Gasteiger partial charge >= 0.3 is 6.18 Å². The third kappa shape index (κ3) is 4.71. The second kappa shape index (κ2) is 7.92. The van der Waals surface area contributed by atoms with Crippen LogP contribution in [0.15, 0.2) is 35.2 Å². The van der Waals surface area contributed by atoms with Crippen molar-refractivity contribution in [3.63, 3.8) is 0 Å². The van der Waals surface area contributed by atoms with Crippen LogP contribution in [0.3, 0.4) is 0 Å². The number of benzene rings is 1. The molecule has 1 saturated heterocycles. The summed E-state index contributed by atoms with van der Waals surface area (Å²) < 4.78 is 64.7. The Balaban J connectivity index is 1.62. The number of hydrogen-bond donors (Lipinski definition) is 1. The van der Waals surface area contributed by atoms with Crippen molar-refractivity contribution in [2.75, 3.05) is 32.7 Å².